The average molecular weight is 427 g/mol. The average Bonchev–Trinajstić information content (AvgIpc) is 2.95. The molecule has 1 heterocycles. The van der Waals surface area contributed by atoms with Crippen LogP contribution in [0.2, 0.25) is 0 Å². The smallest absolute Gasteiger partial charge is 0.261 e. The second kappa shape index (κ2) is 8.70. The Morgan fingerprint density at radius 2 is 1.33 bits per heavy atom. The van der Waals surface area contributed by atoms with Crippen molar-refractivity contribution in [3.05, 3.63) is 65.2 Å². The van der Waals surface area contributed by atoms with Gasteiger partial charge < -0.3 is 0 Å². The van der Waals surface area contributed by atoms with Gasteiger partial charge in [0.2, 0.25) is 10.0 Å². The number of carbonyl (C=O) groups is 2. The zero-order valence-electron chi connectivity index (χ0n) is 16.8. The van der Waals surface area contributed by atoms with Gasteiger partial charge in [0, 0.05) is 6.04 Å². The van der Waals surface area contributed by atoms with E-state index in [1.54, 1.807) is 48.5 Å². The lowest BCUT2D eigenvalue weighted by molar-refractivity contribution is 0.0642. The summed E-state index contributed by atoms with van der Waals surface area (Å²) in [5, 5.41) is 0. The van der Waals surface area contributed by atoms with Gasteiger partial charge >= 0.3 is 0 Å². The third-order valence-corrected chi connectivity index (χ3v) is 7.42. The molecule has 30 heavy (non-hydrogen) atoms. The molecule has 7 heteroatoms. The summed E-state index contributed by atoms with van der Waals surface area (Å²) in [6.07, 6.45) is 7.39. The van der Waals surface area contributed by atoms with Crippen molar-refractivity contribution in [2.45, 2.75) is 62.4 Å². The van der Waals surface area contributed by atoms with Crippen LogP contribution in [0.15, 0.2) is 53.4 Å². The minimum absolute atomic E-state index is 0.0201. The molecule has 0 aromatic heterocycles. The monoisotopic (exact) mass is 426 g/mol. The molecular weight excluding hydrogens is 400 g/mol. The van der Waals surface area contributed by atoms with Gasteiger partial charge in [-0.25, -0.2) is 13.1 Å². The first-order chi connectivity index (χ1) is 14.5. The molecule has 0 unspecified atom stereocenters. The van der Waals surface area contributed by atoms with Gasteiger partial charge in [0.05, 0.1) is 22.6 Å². The molecule has 1 fully saturated rings. The number of sulfonamides is 1. The van der Waals surface area contributed by atoms with Crippen LogP contribution in [-0.2, 0) is 16.6 Å². The van der Waals surface area contributed by atoms with Crippen molar-refractivity contribution in [3.63, 3.8) is 0 Å². The molecule has 1 aliphatic carbocycles. The topological polar surface area (TPSA) is 83.6 Å². The van der Waals surface area contributed by atoms with Gasteiger partial charge in [0.1, 0.15) is 0 Å². The summed E-state index contributed by atoms with van der Waals surface area (Å²) in [6, 6.07) is 13.1. The van der Waals surface area contributed by atoms with Crippen LogP contribution in [-0.4, -0.2) is 31.2 Å². The van der Waals surface area contributed by atoms with E-state index >= 15 is 0 Å². The van der Waals surface area contributed by atoms with Crippen molar-refractivity contribution in [1.29, 1.82) is 0 Å². The Morgan fingerprint density at radius 1 is 0.800 bits per heavy atom. The van der Waals surface area contributed by atoms with Crippen molar-refractivity contribution in [3.8, 4) is 0 Å². The predicted octanol–water partition coefficient (Wildman–Crippen LogP) is 3.87. The van der Waals surface area contributed by atoms with Gasteiger partial charge in [-0.3, -0.25) is 14.5 Å². The molecule has 158 valence electrons. The highest BCUT2D eigenvalue weighted by atomic mass is 32.2. The van der Waals surface area contributed by atoms with Gasteiger partial charge in [-0.05, 0) is 42.7 Å². The van der Waals surface area contributed by atoms with Crippen LogP contribution >= 0.6 is 0 Å². The summed E-state index contributed by atoms with van der Waals surface area (Å²) in [6.45, 7) is 0.114. The number of fused-ring (bicyclic) bond motifs is 1. The molecule has 0 spiro atoms. The number of imide groups is 1. The van der Waals surface area contributed by atoms with Crippen LogP contribution in [0.3, 0.4) is 0 Å². The van der Waals surface area contributed by atoms with Crippen LogP contribution in [0.25, 0.3) is 0 Å². The maximum atomic E-state index is 12.8. The zero-order chi connectivity index (χ0) is 21.1. The number of rotatable bonds is 5. The number of nitrogens with one attached hydrogen (secondary N) is 1. The summed E-state index contributed by atoms with van der Waals surface area (Å²) in [7, 11) is -3.59. The quantitative estimate of drug-likeness (QED) is 0.736. The fourth-order valence-electron chi connectivity index (χ4n) is 4.20. The van der Waals surface area contributed by atoms with Gasteiger partial charge in [-0.1, -0.05) is 56.4 Å². The first-order valence-corrected chi connectivity index (χ1v) is 12.0. The fraction of sp³-hybridized carbons (Fsp3) is 0.391. The lowest BCUT2D eigenvalue weighted by Gasteiger charge is -2.21. The Hall–Kier alpha value is -2.51. The van der Waals surface area contributed by atoms with E-state index in [0.717, 1.165) is 38.5 Å². The second-order valence-corrected chi connectivity index (χ2v) is 9.76. The van der Waals surface area contributed by atoms with Crippen molar-refractivity contribution in [2.24, 2.45) is 0 Å². The Kier molecular flexibility index (Phi) is 6.01. The van der Waals surface area contributed by atoms with E-state index in [1.807, 2.05) is 0 Å². The Morgan fingerprint density at radius 3 is 1.90 bits per heavy atom. The standard InChI is InChI=1S/C23H26N2O4S/c26-22-20-10-6-7-11-21(20)23(27)25(22)16-17-12-14-19(15-13-17)30(28,29)24-18-8-4-2-1-3-5-9-18/h6-7,10-15,18,24H,1-5,8-9,16H2. The molecule has 4 rings (SSSR count). The van der Waals surface area contributed by atoms with E-state index in [-0.39, 0.29) is 29.3 Å². The lowest BCUT2D eigenvalue weighted by Crippen LogP contribution is -2.35. The summed E-state index contributed by atoms with van der Waals surface area (Å²) >= 11 is 0. The highest BCUT2D eigenvalue weighted by molar-refractivity contribution is 7.89. The molecule has 0 bridgehead atoms. The summed E-state index contributed by atoms with van der Waals surface area (Å²) in [5.74, 6) is -0.642. The van der Waals surface area contributed by atoms with Crippen LogP contribution in [0.1, 0.15) is 71.2 Å². The maximum Gasteiger partial charge on any atom is 0.261 e. The second-order valence-electron chi connectivity index (χ2n) is 8.05. The molecule has 0 atom stereocenters. The molecule has 2 aromatic carbocycles. The number of amides is 2. The van der Waals surface area contributed by atoms with Gasteiger partial charge in [0.25, 0.3) is 11.8 Å². The summed E-state index contributed by atoms with van der Waals surface area (Å²) in [4.78, 5) is 26.4. The minimum Gasteiger partial charge on any atom is -0.270 e. The molecule has 2 amide bonds. The molecule has 0 saturated heterocycles. The van der Waals surface area contributed by atoms with Gasteiger partial charge in [-0.2, -0.15) is 0 Å². The van der Waals surface area contributed by atoms with E-state index in [2.05, 4.69) is 4.72 Å². The van der Waals surface area contributed by atoms with Crippen molar-refractivity contribution in [1.82, 2.24) is 9.62 Å². The SMILES string of the molecule is O=C1c2ccccc2C(=O)N1Cc1ccc(S(=O)(=O)NC2CCCCCCC2)cc1. The van der Waals surface area contributed by atoms with E-state index in [9.17, 15) is 18.0 Å². The highest BCUT2D eigenvalue weighted by Crippen LogP contribution is 2.25. The lowest BCUT2D eigenvalue weighted by atomic mass is 9.97. The fourth-order valence-corrected chi connectivity index (χ4v) is 5.51. The first kappa shape index (κ1) is 20.8. The zero-order valence-corrected chi connectivity index (χ0v) is 17.7. The molecule has 6 nitrogen and oxygen atoms in total. The minimum atomic E-state index is -3.59. The van der Waals surface area contributed by atoms with Crippen LogP contribution in [0, 0.1) is 0 Å². The molecule has 1 aliphatic heterocycles. The molecule has 2 aliphatic rings. The Bertz CT molecular complexity index is 1000. The van der Waals surface area contributed by atoms with Gasteiger partial charge in [0.15, 0.2) is 0 Å². The van der Waals surface area contributed by atoms with Crippen molar-refractivity contribution >= 4 is 21.8 Å². The largest absolute Gasteiger partial charge is 0.270 e. The molecule has 2 aromatic rings. The van der Waals surface area contributed by atoms with Crippen molar-refractivity contribution < 1.29 is 18.0 Å². The Labute approximate surface area is 177 Å². The number of nitrogens with zero attached hydrogens (tertiary/aromatic N) is 1. The van der Waals surface area contributed by atoms with E-state index < -0.39 is 10.0 Å². The Balaban J connectivity index is 1.44. The number of benzene rings is 2. The maximum absolute atomic E-state index is 12.8. The third kappa shape index (κ3) is 4.32. The predicted molar refractivity (Wildman–Crippen MR) is 114 cm³/mol. The number of hydrogen-bond donors (Lipinski definition) is 1. The molecule has 0 radical (unpaired) electrons. The van der Waals surface area contributed by atoms with E-state index in [1.165, 1.54) is 11.3 Å². The normalized spacial score (nSPS) is 18.2. The van der Waals surface area contributed by atoms with E-state index in [4.69, 9.17) is 0 Å². The number of hydrogen-bond acceptors (Lipinski definition) is 4. The highest BCUT2D eigenvalue weighted by Gasteiger charge is 2.35. The summed E-state index contributed by atoms with van der Waals surface area (Å²) < 4.78 is 28.4. The van der Waals surface area contributed by atoms with Crippen LogP contribution < -0.4 is 4.72 Å². The van der Waals surface area contributed by atoms with Gasteiger partial charge in [-0.15, -0.1) is 0 Å². The number of carbonyl (C=O) groups excluding carboxylic acids is 2. The first-order valence-electron chi connectivity index (χ1n) is 10.5. The van der Waals surface area contributed by atoms with Crippen LogP contribution in [0.5, 0.6) is 0 Å². The molecule has 1 saturated carbocycles. The van der Waals surface area contributed by atoms with Crippen molar-refractivity contribution in [2.75, 3.05) is 0 Å². The third-order valence-electron chi connectivity index (χ3n) is 5.88. The van der Waals surface area contributed by atoms with Crippen LogP contribution in [0.4, 0.5) is 0 Å². The molecule has 1 N–H and O–H groups in total. The summed E-state index contributed by atoms with van der Waals surface area (Å²) in [5.41, 5.74) is 1.52. The molecular formula is C23H26N2O4S. The van der Waals surface area contributed by atoms with E-state index in [0.29, 0.717) is 16.7 Å².